The van der Waals surface area contributed by atoms with E-state index >= 15 is 0 Å². The number of rotatable bonds is 9. The van der Waals surface area contributed by atoms with Gasteiger partial charge in [0.2, 0.25) is 15.9 Å². The summed E-state index contributed by atoms with van der Waals surface area (Å²) in [7, 11) is -2.06. The average molecular weight is 360 g/mol. The Morgan fingerprint density at radius 1 is 1.35 bits per heavy atom. The molecule has 9 heteroatoms. The van der Waals surface area contributed by atoms with Crippen molar-refractivity contribution in [1.29, 1.82) is 0 Å². The molecule has 0 bridgehead atoms. The molecule has 0 radical (unpaired) electrons. The number of hydrogen-bond donors (Lipinski definition) is 2. The van der Waals surface area contributed by atoms with Crippen LogP contribution in [0.2, 0.25) is 0 Å². The van der Waals surface area contributed by atoms with Gasteiger partial charge in [0.15, 0.2) is 0 Å². The van der Waals surface area contributed by atoms with Crippen LogP contribution in [-0.4, -0.2) is 55.3 Å². The minimum absolute atomic E-state index is 0.110. The van der Waals surface area contributed by atoms with Crippen molar-refractivity contribution in [3.05, 3.63) is 29.8 Å². The Hall–Kier alpha value is -1.58. The van der Waals surface area contributed by atoms with Crippen molar-refractivity contribution in [2.45, 2.75) is 12.2 Å². The number of anilines is 1. The zero-order valence-corrected chi connectivity index (χ0v) is 14.6. The Morgan fingerprint density at radius 2 is 2.04 bits per heavy atom. The number of amides is 1. The van der Waals surface area contributed by atoms with Gasteiger partial charge in [0.1, 0.15) is 0 Å². The predicted molar refractivity (Wildman–Crippen MR) is 91.0 cm³/mol. The highest BCUT2D eigenvalue weighted by Crippen LogP contribution is 2.17. The van der Waals surface area contributed by atoms with Crippen LogP contribution in [0.1, 0.15) is 12.0 Å². The molecule has 23 heavy (non-hydrogen) atoms. The first-order valence-electron chi connectivity index (χ1n) is 6.78. The van der Waals surface area contributed by atoms with Crippen LogP contribution in [0.4, 0.5) is 5.69 Å². The molecule has 1 aromatic rings. The van der Waals surface area contributed by atoms with E-state index in [4.69, 9.17) is 5.11 Å². The second-order valence-electron chi connectivity index (χ2n) is 4.96. The maximum Gasteiger partial charge on any atom is 0.304 e. The Morgan fingerprint density at radius 3 is 2.65 bits per heavy atom. The second-order valence-corrected chi connectivity index (χ2v) is 8.16. The van der Waals surface area contributed by atoms with Crippen LogP contribution >= 0.6 is 11.8 Å². The standard InChI is InChI=1S/C14H20N2O5S2/c1-16(23(2,20)21)9-13(17)15-12-5-3-4-11(8-12)10-22-7-6-14(18)19/h3-5,8H,6-7,9-10H2,1-2H3,(H,15,17)(H,18,19). The van der Waals surface area contributed by atoms with Gasteiger partial charge in [-0.2, -0.15) is 16.1 Å². The van der Waals surface area contributed by atoms with E-state index in [1.54, 1.807) is 18.2 Å². The molecule has 0 aromatic heterocycles. The topological polar surface area (TPSA) is 104 Å². The third-order valence-electron chi connectivity index (χ3n) is 2.87. The monoisotopic (exact) mass is 360 g/mol. The van der Waals surface area contributed by atoms with Crippen LogP contribution in [0.25, 0.3) is 0 Å². The molecule has 0 spiro atoms. The molecular weight excluding hydrogens is 340 g/mol. The van der Waals surface area contributed by atoms with Crippen molar-refractivity contribution in [1.82, 2.24) is 4.31 Å². The summed E-state index contributed by atoms with van der Waals surface area (Å²) in [5, 5.41) is 11.2. The van der Waals surface area contributed by atoms with E-state index in [0.29, 0.717) is 17.2 Å². The van der Waals surface area contributed by atoms with Gasteiger partial charge in [-0.1, -0.05) is 12.1 Å². The molecule has 0 unspecified atom stereocenters. The molecule has 7 nitrogen and oxygen atoms in total. The fourth-order valence-electron chi connectivity index (χ4n) is 1.61. The highest BCUT2D eigenvalue weighted by Gasteiger charge is 2.15. The quantitative estimate of drug-likeness (QED) is 0.642. The third kappa shape index (κ3) is 8.00. The number of nitrogens with zero attached hydrogens (tertiary/aromatic N) is 1. The van der Waals surface area contributed by atoms with E-state index in [0.717, 1.165) is 16.1 Å². The summed E-state index contributed by atoms with van der Waals surface area (Å²) >= 11 is 1.50. The number of carbonyl (C=O) groups is 2. The van der Waals surface area contributed by atoms with Gasteiger partial charge in [-0.15, -0.1) is 0 Å². The van der Waals surface area contributed by atoms with Gasteiger partial charge in [0.05, 0.1) is 19.2 Å². The van der Waals surface area contributed by atoms with Crippen LogP contribution in [0.3, 0.4) is 0 Å². The predicted octanol–water partition coefficient (Wildman–Crippen LogP) is 1.22. The number of sulfonamides is 1. The fourth-order valence-corrected chi connectivity index (χ4v) is 2.84. The number of carbonyl (C=O) groups excluding carboxylic acids is 1. The lowest BCUT2D eigenvalue weighted by atomic mass is 10.2. The molecule has 0 fully saturated rings. The van der Waals surface area contributed by atoms with Crippen molar-refractivity contribution in [3.8, 4) is 0 Å². The molecule has 128 valence electrons. The number of hydrogen-bond acceptors (Lipinski definition) is 5. The summed E-state index contributed by atoms with van der Waals surface area (Å²) in [6, 6.07) is 7.16. The number of carboxylic acids is 1. The lowest BCUT2D eigenvalue weighted by Crippen LogP contribution is -2.34. The number of carboxylic acid groups (broad SMARTS) is 1. The molecule has 0 atom stereocenters. The number of benzene rings is 1. The van der Waals surface area contributed by atoms with Gasteiger partial charge in [0, 0.05) is 24.2 Å². The zero-order chi connectivity index (χ0) is 17.5. The van der Waals surface area contributed by atoms with E-state index in [9.17, 15) is 18.0 Å². The normalized spacial score (nSPS) is 11.4. The number of aliphatic carboxylic acids is 1. The minimum atomic E-state index is -3.40. The zero-order valence-electron chi connectivity index (χ0n) is 13.0. The first kappa shape index (κ1) is 19.5. The summed E-state index contributed by atoms with van der Waals surface area (Å²) in [4.78, 5) is 22.3. The summed E-state index contributed by atoms with van der Waals surface area (Å²) in [5.41, 5.74) is 1.53. The Labute approximate surface area is 140 Å². The molecule has 0 saturated heterocycles. The molecule has 1 amide bonds. The van der Waals surface area contributed by atoms with Crippen LogP contribution in [0.15, 0.2) is 24.3 Å². The van der Waals surface area contributed by atoms with E-state index in [1.807, 2.05) is 6.07 Å². The van der Waals surface area contributed by atoms with Crippen LogP contribution in [0.5, 0.6) is 0 Å². The van der Waals surface area contributed by atoms with Crippen LogP contribution in [-0.2, 0) is 25.4 Å². The molecule has 0 heterocycles. The maximum absolute atomic E-state index is 11.8. The van der Waals surface area contributed by atoms with E-state index < -0.39 is 21.9 Å². The Bertz CT molecular complexity index is 661. The molecule has 0 aliphatic heterocycles. The minimum Gasteiger partial charge on any atom is -0.481 e. The molecule has 1 rings (SSSR count). The SMILES string of the molecule is CN(CC(=O)Nc1cccc(CSCCC(=O)O)c1)S(C)(=O)=O. The summed E-state index contributed by atoms with van der Waals surface area (Å²) < 4.78 is 23.5. The summed E-state index contributed by atoms with van der Waals surface area (Å²) in [5.74, 6) is -0.0900. The molecule has 2 N–H and O–H groups in total. The van der Waals surface area contributed by atoms with E-state index in [-0.39, 0.29) is 13.0 Å². The highest BCUT2D eigenvalue weighted by atomic mass is 32.2. The molecular formula is C14H20N2O5S2. The summed E-state index contributed by atoms with van der Waals surface area (Å²) in [6.07, 6.45) is 1.15. The number of nitrogens with one attached hydrogen (secondary N) is 1. The lowest BCUT2D eigenvalue weighted by molar-refractivity contribution is -0.136. The van der Waals surface area contributed by atoms with Crippen molar-refractivity contribution in [2.24, 2.45) is 0 Å². The van der Waals surface area contributed by atoms with Gasteiger partial charge in [-0.05, 0) is 17.7 Å². The summed E-state index contributed by atoms with van der Waals surface area (Å²) in [6.45, 7) is -0.254. The first-order valence-corrected chi connectivity index (χ1v) is 9.78. The Balaban J connectivity index is 2.53. The Kier molecular flexibility index (Phi) is 7.53. The molecule has 0 aliphatic carbocycles. The number of thioether (sulfide) groups is 1. The smallest absolute Gasteiger partial charge is 0.304 e. The molecule has 0 saturated carbocycles. The highest BCUT2D eigenvalue weighted by molar-refractivity contribution is 7.98. The fraction of sp³-hybridized carbons (Fsp3) is 0.429. The number of likely N-dealkylation sites (N-methyl/N-ethyl adjacent to an activating group) is 1. The van der Waals surface area contributed by atoms with Crippen LogP contribution in [0, 0.1) is 0 Å². The van der Waals surface area contributed by atoms with Crippen molar-refractivity contribution >= 4 is 39.3 Å². The maximum atomic E-state index is 11.8. The van der Waals surface area contributed by atoms with E-state index in [2.05, 4.69) is 5.32 Å². The average Bonchev–Trinajstić information content (AvgIpc) is 2.42. The molecule has 1 aromatic carbocycles. The largest absolute Gasteiger partial charge is 0.481 e. The van der Waals surface area contributed by atoms with Crippen LogP contribution < -0.4 is 5.32 Å². The lowest BCUT2D eigenvalue weighted by Gasteiger charge is -2.14. The van der Waals surface area contributed by atoms with Gasteiger partial charge >= 0.3 is 5.97 Å². The first-order chi connectivity index (χ1) is 10.7. The van der Waals surface area contributed by atoms with Crippen molar-refractivity contribution < 1.29 is 23.1 Å². The van der Waals surface area contributed by atoms with Gasteiger partial charge in [-0.25, -0.2) is 8.42 Å². The van der Waals surface area contributed by atoms with Gasteiger partial charge in [-0.3, -0.25) is 9.59 Å². The van der Waals surface area contributed by atoms with E-state index in [1.165, 1.54) is 18.8 Å². The van der Waals surface area contributed by atoms with Gasteiger partial charge < -0.3 is 10.4 Å². The molecule has 0 aliphatic rings. The van der Waals surface area contributed by atoms with Crippen molar-refractivity contribution in [3.63, 3.8) is 0 Å². The van der Waals surface area contributed by atoms with Gasteiger partial charge in [0.25, 0.3) is 0 Å². The third-order valence-corrected chi connectivity index (χ3v) is 5.16. The second kappa shape index (κ2) is 8.90. The van der Waals surface area contributed by atoms with Crippen molar-refractivity contribution in [2.75, 3.05) is 30.9 Å².